The molecule has 17 heavy (non-hydrogen) atoms. The first-order valence-corrected chi connectivity index (χ1v) is 6.18. The maximum atomic E-state index is 5.59. The van der Waals surface area contributed by atoms with Crippen LogP contribution in [0.15, 0.2) is 0 Å². The van der Waals surface area contributed by atoms with Gasteiger partial charge in [0.05, 0.1) is 45.7 Å². The quantitative estimate of drug-likeness (QED) is 0.515. The third kappa shape index (κ3) is 10.7. The Morgan fingerprint density at radius 2 is 1.41 bits per heavy atom. The standard InChI is InChI=1S/C12H27NO4/c1-11(2)12(10-13)17-9-8-16-7-6-15-5-4-14-3/h11-12H,4-10,13H2,1-3H3. The van der Waals surface area contributed by atoms with E-state index in [9.17, 15) is 0 Å². The highest BCUT2D eigenvalue weighted by Crippen LogP contribution is 2.04. The van der Waals surface area contributed by atoms with Gasteiger partial charge in [0.15, 0.2) is 0 Å². The van der Waals surface area contributed by atoms with Crippen molar-refractivity contribution < 1.29 is 18.9 Å². The van der Waals surface area contributed by atoms with Gasteiger partial charge < -0.3 is 24.7 Å². The zero-order valence-electron chi connectivity index (χ0n) is 11.3. The Morgan fingerprint density at radius 1 is 0.882 bits per heavy atom. The van der Waals surface area contributed by atoms with E-state index in [1.165, 1.54) is 0 Å². The molecular weight excluding hydrogens is 222 g/mol. The second kappa shape index (κ2) is 12.3. The molecule has 0 heterocycles. The van der Waals surface area contributed by atoms with Crippen LogP contribution in [0.4, 0.5) is 0 Å². The Balaban J connectivity index is 3.17. The molecule has 0 radical (unpaired) electrons. The topological polar surface area (TPSA) is 62.9 Å². The normalized spacial score (nSPS) is 13.2. The van der Waals surface area contributed by atoms with Crippen molar-refractivity contribution in [1.82, 2.24) is 0 Å². The lowest BCUT2D eigenvalue weighted by atomic mass is 10.1. The predicted octanol–water partition coefficient (Wildman–Crippen LogP) is 0.666. The molecule has 0 aromatic rings. The summed E-state index contributed by atoms with van der Waals surface area (Å²) in [5.41, 5.74) is 5.58. The van der Waals surface area contributed by atoms with Gasteiger partial charge in [-0.2, -0.15) is 0 Å². The van der Waals surface area contributed by atoms with Crippen LogP contribution in [0.2, 0.25) is 0 Å². The van der Waals surface area contributed by atoms with Crippen LogP contribution in [0.3, 0.4) is 0 Å². The van der Waals surface area contributed by atoms with Crippen molar-refractivity contribution in [1.29, 1.82) is 0 Å². The van der Waals surface area contributed by atoms with Gasteiger partial charge in [-0.3, -0.25) is 0 Å². The maximum absolute atomic E-state index is 5.59. The van der Waals surface area contributed by atoms with Gasteiger partial charge in [-0.25, -0.2) is 0 Å². The largest absolute Gasteiger partial charge is 0.382 e. The summed E-state index contributed by atoms with van der Waals surface area (Å²) in [6, 6.07) is 0. The van der Waals surface area contributed by atoms with Gasteiger partial charge in [0.25, 0.3) is 0 Å². The average molecular weight is 249 g/mol. The molecule has 0 aliphatic rings. The van der Waals surface area contributed by atoms with E-state index in [-0.39, 0.29) is 6.10 Å². The summed E-state index contributed by atoms with van der Waals surface area (Å²) >= 11 is 0. The van der Waals surface area contributed by atoms with Crippen LogP contribution in [0, 0.1) is 5.92 Å². The summed E-state index contributed by atoms with van der Waals surface area (Å²) in [6.45, 7) is 8.32. The third-order valence-electron chi connectivity index (χ3n) is 2.34. The summed E-state index contributed by atoms with van der Waals surface area (Å²) in [5, 5.41) is 0. The molecule has 0 aromatic heterocycles. The number of methoxy groups -OCH3 is 1. The molecule has 0 aliphatic heterocycles. The Morgan fingerprint density at radius 3 is 1.88 bits per heavy atom. The molecule has 2 N–H and O–H groups in total. The fourth-order valence-corrected chi connectivity index (χ4v) is 1.26. The molecule has 0 saturated carbocycles. The fraction of sp³-hybridized carbons (Fsp3) is 1.00. The number of rotatable bonds is 12. The lowest BCUT2D eigenvalue weighted by Crippen LogP contribution is -2.30. The van der Waals surface area contributed by atoms with Crippen molar-refractivity contribution in [2.75, 3.05) is 53.3 Å². The van der Waals surface area contributed by atoms with Crippen LogP contribution in [-0.2, 0) is 18.9 Å². The minimum Gasteiger partial charge on any atom is -0.382 e. The molecule has 104 valence electrons. The summed E-state index contributed by atoms with van der Waals surface area (Å²) in [4.78, 5) is 0. The molecule has 1 atom stereocenters. The highest BCUT2D eigenvalue weighted by atomic mass is 16.6. The van der Waals surface area contributed by atoms with Gasteiger partial charge >= 0.3 is 0 Å². The molecular formula is C12H27NO4. The van der Waals surface area contributed by atoms with Crippen LogP contribution in [0.1, 0.15) is 13.8 Å². The Bertz CT molecular complexity index is 155. The molecule has 0 fully saturated rings. The van der Waals surface area contributed by atoms with Gasteiger partial charge in [0.2, 0.25) is 0 Å². The highest BCUT2D eigenvalue weighted by molar-refractivity contribution is 4.62. The van der Waals surface area contributed by atoms with Crippen molar-refractivity contribution >= 4 is 0 Å². The van der Waals surface area contributed by atoms with E-state index < -0.39 is 0 Å². The smallest absolute Gasteiger partial charge is 0.0721 e. The summed E-state index contributed by atoms with van der Waals surface area (Å²) < 4.78 is 21.0. The second-order valence-electron chi connectivity index (χ2n) is 4.11. The van der Waals surface area contributed by atoms with E-state index >= 15 is 0 Å². The maximum Gasteiger partial charge on any atom is 0.0721 e. The van der Waals surface area contributed by atoms with Crippen molar-refractivity contribution in [3.8, 4) is 0 Å². The van der Waals surface area contributed by atoms with Crippen molar-refractivity contribution in [3.05, 3.63) is 0 Å². The molecule has 0 saturated heterocycles. The molecule has 5 nitrogen and oxygen atoms in total. The lowest BCUT2D eigenvalue weighted by Gasteiger charge is -2.19. The second-order valence-corrected chi connectivity index (χ2v) is 4.11. The van der Waals surface area contributed by atoms with E-state index in [0.717, 1.165) is 0 Å². The molecule has 1 unspecified atom stereocenters. The zero-order valence-corrected chi connectivity index (χ0v) is 11.3. The van der Waals surface area contributed by atoms with Gasteiger partial charge in [-0.1, -0.05) is 13.8 Å². The lowest BCUT2D eigenvalue weighted by molar-refractivity contribution is -0.0255. The first-order valence-electron chi connectivity index (χ1n) is 6.18. The van der Waals surface area contributed by atoms with Crippen LogP contribution in [0.5, 0.6) is 0 Å². The van der Waals surface area contributed by atoms with E-state index in [0.29, 0.717) is 52.1 Å². The zero-order chi connectivity index (χ0) is 12.9. The predicted molar refractivity (Wildman–Crippen MR) is 67.1 cm³/mol. The van der Waals surface area contributed by atoms with E-state index in [1.807, 2.05) is 0 Å². The SMILES string of the molecule is COCCOCCOCCOC(CN)C(C)C. The fourth-order valence-electron chi connectivity index (χ4n) is 1.26. The molecule has 0 aliphatic carbocycles. The van der Waals surface area contributed by atoms with Crippen LogP contribution in [0.25, 0.3) is 0 Å². The Hall–Kier alpha value is -0.200. The first kappa shape index (κ1) is 16.8. The average Bonchev–Trinajstić information content (AvgIpc) is 2.31. The van der Waals surface area contributed by atoms with Gasteiger partial charge in [-0.15, -0.1) is 0 Å². The number of hydrogen-bond acceptors (Lipinski definition) is 5. The summed E-state index contributed by atoms with van der Waals surface area (Å²) in [7, 11) is 1.65. The first-order chi connectivity index (χ1) is 8.22. The van der Waals surface area contributed by atoms with Gasteiger partial charge in [-0.05, 0) is 5.92 Å². The Labute approximate surface area is 105 Å². The minimum absolute atomic E-state index is 0.122. The number of hydrogen-bond donors (Lipinski definition) is 1. The van der Waals surface area contributed by atoms with Gasteiger partial charge in [0.1, 0.15) is 0 Å². The van der Waals surface area contributed by atoms with E-state index in [2.05, 4.69) is 13.8 Å². The number of ether oxygens (including phenoxy) is 4. The van der Waals surface area contributed by atoms with Crippen molar-refractivity contribution in [3.63, 3.8) is 0 Å². The van der Waals surface area contributed by atoms with Crippen LogP contribution < -0.4 is 5.73 Å². The molecule has 5 heteroatoms. The monoisotopic (exact) mass is 249 g/mol. The molecule has 0 bridgehead atoms. The molecule has 0 rings (SSSR count). The van der Waals surface area contributed by atoms with Crippen LogP contribution in [-0.4, -0.2) is 59.4 Å². The number of nitrogens with two attached hydrogens (primary N) is 1. The summed E-state index contributed by atoms with van der Waals surface area (Å²) in [5.74, 6) is 0.442. The highest BCUT2D eigenvalue weighted by Gasteiger charge is 2.10. The minimum atomic E-state index is 0.122. The van der Waals surface area contributed by atoms with Crippen molar-refractivity contribution in [2.24, 2.45) is 11.7 Å². The molecule has 0 spiro atoms. The molecule has 0 amide bonds. The van der Waals surface area contributed by atoms with Crippen LogP contribution >= 0.6 is 0 Å². The van der Waals surface area contributed by atoms with Gasteiger partial charge in [0, 0.05) is 13.7 Å². The Kier molecular flexibility index (Phi) is 12.1. The van der Waals surface area contributed by atoms with E-state index in [4.69, 9.17) is 24.7 Å². The molecule has 0 aromatic carbocycles. The van der Waals surface area contributed by atoms with Crippen molar-refractivity contribution in [2.45, 2.75) is 20.0 Å². The van der Waals surface area contributed by atoms with E-state index in [1.54, 1.807) is 7.11 Å². The third-order valence-corrected chi connectivity index (χ3v) is 2.34. The summed E-state index contributed by atoms with van der Waals surface area (Å²) in [6.07, 6.45) is 0.122.